The zero-order valence-corrected chi connectivity index (χ0v) is 12.8. The third-order valence-electron chi connectivity index (χ3n) is 3.16. The molecule has 0 aliphatic rings. The number of halogens is 1. The molecule has 0 aliphatic heterocycles. The van der Waals surface area contributed by atoms with Gasteiger partial charge in [-0.25, -0.2) is 9.78 Å². The molecule has 4 nitrogen and oxygen atoms in total. The fraction of sp³-hybridized carbons (Fsp3) is 0.286. The van der Waals surface area contributed by atoms with Gasteiger partial charge in [0.1, 0.15) is 0 Å². The Kier molecular flexibility index (Phi) is 4.75. The Morgan fingerprint density at radius 3 is 2.80 bits per heavy atom. The van der Waals surface area contributed by atoms with Crippen molar-refractivity contribution in [2.24, 2.45) is 0 Å². The van der Waals surface area contributed by atoms with E-state index in [-0.39, 0.29) is 11.0 Å². The summed E-state index contributed by atoms with van der Waals surface area (Å²) < 4.78 is 0. The van der Waals surface area contributed by atoms with Gasteiger partial charge in [0.25, 0.3) is 0 Å². The second-order valence-electron chi connectivity index (χ2n) is 4.56. The fourth-order valence-corrected chi connectivity index (χ4v) is 2.86. The van der Waals surface area contributed by atoms with E-state index in [1.54, 1.807) is 5.38 Å². The number of rotatable bonds is 5. The molecule has 1 unspecified atom stereocenters. The number of aromatic carboxylic acids is 1. The number of carbonyl (C=O) groups is 1. The molecule has 2 aromatic rings. The Morgan fingerprint density at radius 1 is 1.50 bits per heavy atom. The van der Waals surface area contributed by atoms with Crippen molar-refractivity contribution in [3.63, 3.8) is 0 Å². The van der Waals surface area contributed by atoms with Crippen molar-refractivity contribution >= 4 is 28.9 Å². The maximum atomic E-state index is 10.8. The average Bonchev–Trinajstić information content (AvgIpc) is 2.87. The third-order valence-corrected chi connectivity index (χ3v) is 4.39. The lowest BCUT2D eigenvalue weighted by Gasteiger charge is -2.25. The number of thiazole rings is 1. The number of nitrogens with zero attached hydrogens (tertiary/aromatic N) is 2. The van der Waals surface area contributed by atoms with Crippen LogP contribution in [0.2, 0.25) is 5.02 Å². The van der Waals surface area contributed by atoms with E-state index < -0.39 is 5.97 Å². The number of hydrogen-bond acceptors (Lipinski definition) is 4. The Morgan fingerprint density at radius 2 is 2.20 bits per heavy atom. The molecular formula is C14H15ClN2O2S. The monoisotopic (exact) mass is 310 g/mol. The van der Waals surface area contributed by atoms with Crippen LogP contribution in [-0.4, -0.2) is 28.0 Å². The first-order valence-corrected chi connectivity index (χ1v) is 7.37. The molecule has 0 amide bonds. The van der Waals surface area contributed by atoms with Crippen LogP contribution in [-0.2, 0) is 6.54 Å². The molecule has 0 aliphatic carbocycles. The molecule has 0 spiro atoms. The third kappa shape index (κ3) is 3.36. The van der Waals surface area contributed by atoms with Crippen molar-refractivity contribution in [1.82, 2.24) is 9.88 Å². The van der Waals surface area contributed by atoms with Gasteiger partial charge < -0.3 is 5.11 Å². The van der Waals surface area contributed by atoms with Crippen LogP contribution in [0.5, 0.6) is 0 Å². The van der Waals surface area contributed by atoms with Crippen LogP contribution in [0.1, 0.15) is 34.0 Å². The topological polar surface area (TPSA) is 53.4 Å². The molecule has 1 atom stereocenters. The van der Waals surface area contributed by atoms with Gasteiger partial charge in [-0.15, -0.1) is 11.3 Å². The van der Waals surface area contributed by atoms with Crippen molar-refractivity contribution in [1.29, 1.82) is 0 Å². The van der Waals surface area contributed by atoms with E-state index in [9.17, 15) is 4.79 Å². The summed E-state index contributed by atoms with van der Waals surface area (Å²) in [6.07, 6.45) is 0. The highest BCUT2D eigenvalue weighted by Crippen LogP contribution is 2.27. The zero-order chi connectivity index (χ0) is 14.7. The number of carboxylic acid groups (broad SMARTS) is 1. The van der Waals surface area contributed by atoms with Gasteiger partial charge in [0.05, 0.1) is 5.69 Å². The van der Waals surface area contributed by atoms with E-state index >= 15 is 0 Å². The zero-order valence-electron chi connectivity index (χ0n) is 11.2. The highest BCUT2D eigenvalue weighted by atomic mass is 35.5. The van der Waals surface area contributed by atoms with E-state index in [0.717, 1.165) is 27.6 Å². The number of aromatic nitrogens is 1. The highest BCUT2D eigenvalue weighted by Gasteiger charge is 2.16. The molecule has 0 bridgehead atoms. The van der Waals surface area contributed by atoms with Crippen molar-refractivity contribution in [3.05, 3.63) is 50.9 Å². The summed E-state index contributed by atoms with van der Waals surface area (Å²) in [5.41, 5.74) is 1.80. The fourth-order valence-electron chi connectivity index (χ4n) is 1.92. The molecule has 1 N–H and O–H groups in total. The molecule has 0 saturated heterocycles. The smallest absolute Gasteiger partial charge is 0.365 e. The van der Waals surface area contributed by atoms with Gasteiger partial charge in [0, 0.05) is 23.0 Å². The molecule has 1 heterocycles. The first-order valence-electron chi connectivity index (χ1n) is 6.11. The second-order valence-corrected chi connectivity index (χ2v) is 5.83. The van der Waals surface area contributed by atoms with Gasteiger partial charge >= 0.3 is 5.97 Å². The highest BCUT2D eigenvalue weighted by molar-refractivity contribution is 7.11. The van der Waals surface area contributed by atoms with Gasteiger partial charge in [-0.1, -0.05) is 29.8 Å². The lowest BCUT2D eigenvalue weighted by molar-refractivity contribution is 0.0696. The minimum Gasteiger partial charge on any atom is -0.476 e. The maximum Gasteiger partial charge on any atom is 0.365 e. The van der Waals surface area contributed by atoms with Crippen LogP contribution in [0.15, 0.2) is 29.6 Å². The Hall–Kier alpha value is -1.43. The first kappa shape index (κ1) is 15.0. The standard InChI is InChI=1S/C14H15ClN2O2S/c1-9(11-5-3-4-6-12(11)15)17(2)7-10-8-20-13(16-10)14(18)19/h3-6,8-9H,7H2,1-2H3,(H,18,19). The number of benzene rings is 1. The molecule has 20 heavy (non-hydrogen) atoms. The molecule has 0 saturated carbocycles. The van der Waals surface area contributed by atoms with Crippen LogP contribution < -0.4 is 0 Å². The van der Waals surface area contributed by atoms with Gasteiger partial charge in [0.2, 0.25) is 5.01 Å². The van der Waals surface area contributed by atoms with Crippen LogP contribution in [0.4, 0.5) is 0 Å². The molecule has 6 heteroatoms. The molecule has 106 valence electrons. The van der Waals surface area contributed by atoms with Gasteiger partial charge in [-0.3, -0.25) is 4.90 Å². The number of carboxylic acids is 1. The van der Waals surface area contributed by atoms with E-state index in [1.165, 1.54) is 0 Å². The molecule has 0 fully saturated rings. The summed E-state index contributed by atoms with van der Waals surface area (Å²) in [4.78, 5) is 17.0. The minimum absolute atomic E-state index is 0.124. The number of hydrogen-bond donors (Lipinski definition) is 1. The second kappa shape index (κ2) is 6.35. The van der Waals surface area contributed by atoms with Crippen LogP contribution in [0, 0.1) is 0 Å². The summed E-state index contributed by atoms with van der Waals surface area (Å²) in [7, 11) is 1.97. The lowest BCUT2D eigenvalue weighted by Crippen LogP contribution is -2.22. The predicted molar refractivity (Wildman–Crippen MR) is 80.4 cm³/mol. The minimum atomic E-state index is -0.983. The molecular weight excluding hydrogens is 296 g/mol. The van der Waals surface area contributed by atoms with E-state index in [1.807, 2.05) is 31.3 Å². The summed E-state index contributed by atoms with van der Waals surface area (Å²) in [6, 6.07) is 7.84. The van der Waals surface area contributed by atoms with Gasteiger partial charge in [-0.2, -0.15) is 0 Å². The summed E-state index contributed by atoms with van der Waals surface area (Å²) in [5, 5.41) is 11.5. The van der Waals surface area contributed by atoms with E-state index in [0.29, 0.717) is 6.54 Å². The molecule has 1 aromatic heterocycles. The van der Waals surface area contributed by atoms with E-state index in [4.69, 9.17) is 16.7 Å². The van der Waals surface area contributed by atoms with E-state index in [2.05, 4.69) is 16.8 Å². The quantitative estimate of drug-likeness (QED) is 0.915. The normalized spacial score (nSPS) is 12.6. The summed E-state index contributed by atoms with van der Waals surface area (Å²) in [6.45, 7) is 2.64. The Balaban J connectivity index is 2.09. The van der Waals surface area contributed by atoms with Crippen LogP contribution in [0.3, 0.4) is 0 Å². The maximum absolute atomic E-state index is 10.8. The van der Waals surface area contributed by atoms with Crippen LogP contribution >= 0.6 is 22.9 Å². The largest absolute Gasteiger partial charge is 0.476 e. The molecule has 2 rings (SSSR count). The summed E-state index contributed by atoms with van der Waals surface area (Å²) >= 11 is 7.34. The van der Waals surface area contributed by atoms with Crippen molar-refractivity contribution in [2.75, 3.05) is 7.05 Å². The predicted octanol–water partition coefficient (Wildman–Crippen LogP) is 3.69. The average molecular weight is 311 g/mol. The van der Waals surface area contributed by atoms with Gasteiger partial charge in [0.15, 0.2) is 0 Å². The lowest BCUT2D eigenvalue weighted by atomic mass is 10.1. The molecule has 1 aromatic carbocycles. The first-order chi connectivity index (χ1) is 9.49. The Labute approximate surface area is 126 Å². The summed E-state index contributed by atoms with van der Waals surface area (Å²) in [5.74, 6) is -0.983. The van der Waals surface area contributed by atoms with Gasteiger partial charge in [-0.05, 0) is 25.6 Å². The molecule has 0 radical (unpaired) electrons. The Bertz CT molecular complexity index is 615. The SMILES string of the molecule is CC(c1ccccc1Cl)N(C)Cc1csc(C(=O)O)n1. The van der Waals surface area contributed by atoms with Crippen LogP contribution in [0.25, 0.3) is 0 Å². The van der Waals surface area contributed by atoms with Crippen molar-refractivity contribution in [2.45, 2.75) is 19.5 Å². The van der Waals surface area contributed by atoms with Crippen molar-refractivity contribution < 1.29 is 9.90 Å². The van der Waals surface area contributed by atoms with Crippen molar-refractivity contribution in [3.8, 4) is 0 Å².